The van der Waals surface area contributed by atoms with Crippen LogP contribution in [-0.4, -0.2) is 16.7 Å². The van der Waals surface area contributed by atoms with Crippen molar-refractivity contribution in [2.75, 3.05) is 6.54 Å². The van der Waals surface area contributed by atoms with E-state index in [1.165, 1.54) is 10.4 Å². The van der Waals surface area contributed by atoms with E-state index in [2.05, 4.69) is 34.6 Å². The molecule has 1 atom stereocenters. The van der Waals surface area contributed by atoms with Crippen molar-refractivity contribution in [3.8, 4) is 0 Å². The predicted octanol–water partition coefficient (Wildman–Crippen LogP) is 3.51. The van der Waals surface area contributed by atoms with E-state index in [1.54, 1.807) is 11.3 Å². The van der Waals surface area contributed by atoms with Gasteiger partial charge in [-0.15, -0.1) is 11.3 Å². The Labute approximate surface area is 116 Å². The Hall–Kier alpha value is -0.970. The molecule has 2 heterocycles. The van der Waals surface area contributed by atoms with Gasteiger partial charge in [0.05, 0.1) is 21.8 Å². The number of nitrogens with one attached hydrogen (secondary N) is 1. The zero-order valence-electron chi connectivity index (χ0n) is 10.7. The molecule has 0 radical (unpaired) electrons. The van der Waals surface area contributed by atoms with Crippen LogP contribution in [0.4, 0.5) is 0 Å². The van der Waals surface area contributed by atoms with Crippen molar-refractivity contribution in [2.45, 2.75) is 26.8 Å². The van der Waals surface area contributed by atoms with Crippen LogP contribution in [0.25, 0.3) is 0 Å². The summed E-state index contributed by atoms with van der Waals surface area (Å²) in [6.45, 7) is 6.93. The lowest BCUT2D eigenvalue weighted by molar-refractivity contribution is 0.629. The first kappa shape index (κ1) is 13.5. The van der Waals surface area contributed by atoms with Crippen molar-refractivity contribution in [3.05, 3.63) is 44.4 Å². The summed E-state index contributed by atoms with van der Waals surface area (Å²) in [7, 11) is 0. The Morgan fingerprint density at radius 1 is 1.33 bits per heavy atom. The van der Waals surface area contributed by atoms with Gasteiger partial charge in [-0.3, -0.25) is 0 Å². The van der Waals surface area contributed by atoms with Crippen molar-refractivity contribution in [3.63, 3.8) is 0 Å². The van der Waals surface area contributed by atoms with Gasteiger partial charge in [-0.25, -0.2) is 0 Å². The van der Waals surface area contributed by atoms with E-state index >= 15 is 0 Å². The van der Waals surface area contributed by atoms with Gasteiger partial charge in [0, 0.05) is 4.88 Å². The van der Waals surface area contributed by atoms with Crippen LogP contribution >= 0.6 is 22.9 Å². The molecule has 0 saturated carbocycles. The quantitative estimate of drug-likeness (QED) is 0.932. The molecule has 0 amide bonds. The predicted molar refractivity (Wildman–Crippen MR) is 76.4 cm³/mol. The fourth-order valence-corrected chi connectivity index (χ4v) is 3.07. The fourth-order valence-electron chi connectivity index (χ4n) is 1.91. The lowest BCUT2D eigenvalue weighted by Gasteiger charge is -2.18. The van der Waals surface area contributed by atoms with Crippen LogP contribution in [0.15, 0.2) is 18.2 Å². The zero-order chi connectivity index (χ0) is 13.1. The highest BCUT2D eigenvalue weighted by Crippen LogP contribution is 2.31. The molecular weight excluding hydrogens is 266 g/mol. The Bertz CT molecular complexity index is 539. The SMILES string of the molecule is CCNC(c1ccc(Cl)s1)c1cc(C)nnc1C. The number of thiophene rings is 1. The summed E-state index contributed by atoms with van der Waals surface area (Å²) in [6.07, 6.45) is 0. The molecule has 18 heavy (non-hydrogen) atoms. The van der Waals surface area contributed by atoms with Crippen molar-refractivity contribution < 1.29 is 0 Å². The second-order valence-electron chi connectivity index (χ2n) is 4.16. The lowest BCUT2D eigenvalue weighted by Crippen LogP contribution is -2.22. The van der Waals surface area contributed by atoms with E-state index in [0.717, 1.165) is 22.3 Å². The van der Waals surface area contributed by atoms with Crippen molar-refractivity contribution in [1.29, 1.82) is 0 Å². The van der Waals surface area contributed by atoms with E-state index < -0.39 is 0 Å². The second-order valence-corrected chi connectivity index (χ2v) is 5.91. The Balaban J connectivity index is 2.44. The highest BCUT2D eigenvalue weighted by atomic mass is 35.5. The molecule has 0 aliphatic carbocycles. The zero-order valence-corrected chi connectivity index (χ0v) is 12.3. The number of halogens is 1. The largest absolute Gasteiger partial charge is 0.306 e. The van der Waals surface area contributed by atoms with Gasteiger partial charge in [0.1, 0.15) is 0 Å². The monoisotopic (exact) mass is 281 g/mol. The smallest absolute Gasteiger partial charge is 0.0931 e. The minimum Gasteiger partial charge on any atom is -0.306 e. The molecule has 2 aromatic rings. The van der Waals surface area contributed by atoms with Crippen molar-refractivity contribution >= 4 is 22.9 Å². The van der Waals surface area contributed by atoms with Crippen LogP contribution in [0.2, 0.25) is 4.34 Å². The molecule has 96 valence electrons. The summed E-state index contributed by atoms with van der Waals surface area (Å²) in [6, 6.07) is 6.23. The van der Waals surface area contributed by atoms with Gasteiger partial charge >= 0.3 is 0 Å². The van der Waals surface area contributed by atoms with Gasteiger partial charge in [0.15, 0.2) is 0 Å². The van der Waals surface area contributed by atoms with Crippen LogP contribution in [0.1, 0.15) is 34.8 Å². The van der Waals surface area contributed by atoms with Crippen LogP contribution in [0.5, 0.6) is 0 Å². The first-order valence-corrected chi connectivity index (χ1v) is 7.10. The van der Waals surface area contributed by atoms with Gasteiger partial charge in [0.25, 0.3) is 0 Å². The van der Waals surface area contributed by atoms with E-state index in [4.69, 9.17) is 11.6 Å². The molecule has 0 aliphatic rings. The maximum absolute atomic E-state index is 6.03. The molecule has 0 aromatic carbocycles. The molecule has 1 unspecified atom stereocenters. The first-order chi connectivity index (χ1) is 8.61. The summed E-state index contributed by atoms with van der Waals surface area (Å²) in [5, 5.41) is 11.8. The second kappa shape index (κ2) is 5.78. The third-order valence-electron chi connectivity index (χ3n) is 2.74. The summed E-state index contributed by atoms with van der Waals surface area (Å²) < 4.78 is 0.810. The van der Waals surface area contributed by atoms with Crippen molar-refractivity contribution in [2.24, 2.45) is 0 Å². The first-order valence-electron chi connectivity index (χ1n) is 5.91. The third-order valence-corrected chi connectivity index (χ3v) is 4.03. The molecule has 2 aromatic heterocycles. The van der Waals surface area contributed by atoms with Crippen LogP contribution in [0.3, 0.4) is 0 Å². The molecular formula is C13H16ClN3S. The minimum atomic E-state index is 0.140. The number of nitrogens with zero attached hydrogens (tertiary/aromatic N) is 2. The topological polar surface area (TPSA) is 37.8 Å². The van der Waals surface area contributed by atoms with Gasteiger partial charge in [0.2, 0.25) is 0 Å². The molecule has 1 N–H and O–H groups in total. The lowest BCUT2D eigenvalue weighted by atomic mass is 10.0. The molecule has 2 rings (SSSR count). The molecule has 0 fully saturated rings. The number of hydrogen-bond acceptors (Lipinski definition) is 4. The number of rotatable bonds is 4. The maximum Gasteiger partial charge on any atom is 0.0931 e. The Kier molecular flexibility index (Phi) is 4.32. The van der Waals surface area contributed by atoms with Gasteiger partial charge in [-0.2, -0.15) is 10.2 Å². The third kappa shape index (κ3) is 2.88. The maximum atomic E-state index is 6.03. The van der Waals surface area contributed by atoms with E-state index in [1.807, 2.05) is 19.9 Å². The van der Waals surface area contributed by atoms with E-state index in [9.17, 15) is 0 Å². The van der Waals surface area contributed by atoms with E-state index in [0.29, 0.717) is 0 Å². The normalized spacial score (nSPS) is 12.7. The molecule has 5 heteroatoms. The Morgan fingerprint density at radius 3 is 2.72 bits per heavy atom. The fraction of sp³-hybridized carbons (Fsp3) is 0.385. The molecule has 0 aliphatic heterocycles. The minimum absolute atomic E-state index is 0.140. The number of hydrogen-bond donors (Lipinski definition) is 1. The molecule has 0 spiro atoms. The summed E-state index contributed by atoms with van der Waals surface area (Å²) in [4.78, 5) is 1.21. The summed E-state index contributed by atoms with van der Waals surface area (Å²) in [5.74, 6) is 0. The highest BCUT2D eigenvalue weighted by Gasteiger charge is 2.18. The van der Waals surface area contributed by atoms with Gasteiger partial charge in [-0.05, 0) is 44.2 Å². The highest BCUT2D eigenvalue weighted by molar-refractivity contribution is 7.16. The van der Waals surface area contributed by atoms with Crippen LogP contribution < -0.4 is 5.32 Å². The van der Waals surface area contributed by atoms with Crippen LogP contribution in [0, 0.1) is 13.8 Å². The standard InChI is InChI=1S/C13H16ClN3S/c1-4-15-13(11-5-6-12(14)18-11)10-7-8(2)16-17-9(10)3/h5-7,13,15H,4H2,1-3H3. The summed E-state index contributed by atoms with van der Waals surface area (Å²) in [5.41, 5.74) is 3.06. The average molecular weight is 282 g/mol. The summed E-state index contributed by atoms with van der Waals surface area (Å²) >= 11 is 7.63. The average Bonchev–Trinajstić information content (AvgIpc) is 2.76. The number of aromatic nitrogens is 2. The van der Waals surface area contributed by atoms with E-state index in [-0.39, 0.29) is 6.04 Å². The van der Waals surface area contributed by atoms with Gasteiger partial charge < -0.3 is 5.32 Å². The molecule has 3 nitrogen and oxygen atoms in total. The van der Waals surface area contributed by atoms with Crippen LogP contribution in [-0.2, 0) is 0 Å². The van der Waals surface area contributed by atoms with Crippen molar-refractivity contribution in [1.82, 2.24) is 15.5 Å². The van der Waals surface area contributed by atoms with Gasteiger partial charge in [-0.1, -0.05) is 18.5 Å². The Morgan fingerprint density at radius 2 is 2.11 bits per heavy atom. The molecule has 0 bridgehead atoms. The molecule has 0 saturated heterocycles. The number of aryl methyl sites for hydroxylation is 2.